The third kappa shape index (κ3) is 1.05. The number of hydrogen-bond acceptors (Lipinski definition) is 2. The van der Waals surface area contributed by atoms with Crippen molar-refractivity contribution in [3.8, 4) is 0 Å². The first-order chi connectivity index (χ1) is 3.70. The molecule has 0 N–H and O–H groups in total. The first-order valence-electron chi connectivity index (χ1n) is 2.90. The molecule has 1 rings (SSSR count). The topological polar surface area (TPSA) is 17.1 Å². The summed E-state index contributed by atoms with van der Waals surface area (Å²) in [5, 5.41) is 0.940. The lowest BCUT2D eigenvalue weighted by atomic mass is 10.1. The minimum atomic E-state index is 0.315. The summed E-state index contributed by atoms with van der Waals surface area (Å²) in [5.41, 5.74) is 0. The Labute approximate surface area is 53.8 Å². The Kier molecular flexibility index (Phi) is 1.61. The molecule has 1 saturated heterocycles. The summed E-state index contributed by atoms with van der Waals surface area (Å²) in [5.74, 6) is 0.315. The van der Waals surface area contributed by atoms with Crippen molar-refractivity contribution in [2.24, 2.45) is 5.92 Å². The van der Waals surface area contributed by atoms with Crippen LogP contribution in [0.4, 0.5) is 0 Å². The molecule has 1 nitrogen and oxygen atoms in total. The fourth-order valence-corrected chi connectivity index (χ4v) is 2.07. The molecule has 1 heterocycles. The highest BCUT2D eigenvalue weighted by Gasteiger charge is 2.26. The smallest absolute Gasteiger partial charge is 0.192 e. The summed E-state index contributed by atoms with van der Waals surface area (Å²) in [4.78, 5) is 10.7. The number of thioether (sulfide) groups is 1. The van der Waals surface area contributed by atoms with Gasteiger partial charge in [0, 0.05) is 11.2 Å². The molecule has 0 bridgehead atoms. The van der Waals surface area contributed by atoms with Gasteiger partial charge in [0.2, 0.25) is 0 Å². The van der Waals surface area contributed by atoms with Gasteiger partial charge in [-0.1, -0.05) is 25.6 Å². The fourth-order valence-electron chi connectivity index (χ4n) is 0.957. The average Bonchev–Trinajstić information content (AvgIpc) is 1.85. The van der Waals surface area contributed by atoms with Crippen molar-refractivity contribution in [3.63, 3.8) is 0 Å². The van der Waals surface area contributed by atoms with Crippen LogP contribution >= 0.6 is 11.8 Å². The van der Waals surface area contributed by atoms with E-state index in [4.69, 9.17) is 0 Å². The third-order valence-corrected chi connectivity index (χ3v) is 2.63. The van der Waals surface area contributed by atoms with Crippen LogP contribution in [0.3, 0.4) is 0 Å². The van der Waals surface area contributed by atoms with Gasteiger partial charge >= 0.3 is 0 Å². The molecule has 0 aromatic carbocycles. The molecule has 0 aromatic rings. The maximum atomic E-state index is 10.7. The number of carbonyl (C=O) groups excluding carboxylic acids is 1. The molecular formula is C6H10OS. The van der Waals surface area contributed by atoms with E-state index in [1.165, 1.54) is 11.8 Å². The molecule has 2 heteroatoms. The van der Waals surface area contributed by atoms with Crippen molar-refractivity contribution in [2.45, 2.75) is 25.5 Å². The Morgan fingerprint density at radius 3 is 2.38 bits per heavy atom. The van der Waals surface area contributed by atoms with E-state index in [0.717, 1.165) is 6.42 Å². The summed E-state index contributed by atoms with van der Waals surface area (Å²) in [7, 11) is 0. The second-order valence-electron chi connectivity index (χ2n) is 2.38. The van der Waals surface area contributed by atoms with Crippen LogP contribution in [0.1, 0.15) is 20.3 Å². The van der Waals surface area contributed by atoms with E-state index in [1.807, 2.05) is 6.92 Å². The third-order valence-electron chi connectivity index (χ3n) is 1.41. The van der Waals surface area contributed by atoms with Crippen molar-refractivity contribution in [1.29, 1.82) is 0 Å². The lowest BCUT2D eigenvalue weighted by molar-refractivity contribution is -0.113. The highest BCUT2D eigenvalue weighted by atomic mass is 32.2. The van der Waals surface area contributed by atoms with Crippen LogP contribution in [-0.4, -0.2) is 10.4 Å². The van der Waals surface area contributed by atoms with Crippen LogP contribution in [0.15, 0.2) is 0 Å². The summed E-state index contributed by atoms with van der Waals surface area (Å²) in [6.07, 6.45) is 1.07. The van der Waals surface area contributed by atoms with Crippen molar-refractivity contribution in [2.75, 3.05) is 0 Å². The highest BCUT2D eigenvalue weighted by Crippen LogP contribution is 2.31. The van der Waals surface area contributed by atoms with E-state index in [2.05, 4.69) is 6.92 Å². The Morgan fingerprint density at radius 2 is 2.25 bits per heavy atom. The number of rotatable bonds is 0. The van der Waals surface area contributed by atoms with Crippen LogP contribution in [0.2, 0.25) is 0 Å². The molecular weight excluding hydrogens is 120 g/mol. The Hall–Kier alpha value is 0.0200. The van der Waals surface area contributed by atoms with Gasteiger partial charge in [-0.15, -0.1) is 0 Å². The summed E-state index contributed by atoms with van der Waals surface area (Å²) < 4.78 is 0. The predicted octanol–water partition coefficient (Wildman–Crippen LogP) is 1.67. The van der Waals surface area contributed by atoms with Gasteiger partial charge in [0.15, 0.2) is 5.12 Å². The lowest BCUT2D eigenvalue weighted by Crippen LogP contribution is -1.96. The summed E-state index contributed by atoms with van der Waals surface area (Å²) >= 11 is 1.49. The van der Waals surface area contributed by atoms with Crippen LogP contribution in [-0.2, 0) is 4.79 Å². The highest BCUT2D eigenvalue weighted by molar-refractivity contribution is 8.14. The standard InChI is InChI=1S/C6H10OS/c1-4-3-5(2)8-6(4)7/h4-5H,3H2,1-2H3/t4-,5-/m1/s1. The normalized spacial score (nSPS) is 38.5. The van der Waals surface area contributed by atoms with Crippen LogP contribution in [0.25, 0.3) is 0 Å². The molecule has 1 fully saturated rings. The zero-order chi connectivity index (χ0) is 6.15. The van der Waals surface area contributed by atoms with E-state index >= 15 is 0 Å². The van der Waals surface area contributed by atoms with Crippen molar-refractivity contribution in [1.82, 2.24) is 0 Å². The quantitative estimate of drug-likeness (QED) is 0.496. The average molecular weight is 130 g/mol. The van der Waals surface area contributed by atoms with Crippen molar-refractivity contribution < 1.29 is 4.79 Å². The van der Waals surface area contributed by atoms with Crippen molar-refractivity contribution >= 4 is 16.9 Å². The van der Waals surface area contributed by atoms with Crippen LogP contribution in [0.5, 0.6) is 0 Å². The van der Waals surface area contributed by atoms with Crippen LogP contribution < -0.4 is 0 Å². The first kappa shape index (κ1) is 6.14. The molecule has 0 aromatic heterocycles. The Morgan fingerprint density at radius 1 is 1.62 bits per heavy atom. The molecule has 0 unspecified atom stereocenters. The largest absolute Gasteiger partial charge is 0.287 e. The molecule has 8 heavy (non-hydrogen) atoms. The molecule has 0 aliphatic carbocycles. The number of carbonyl (C=O) groups is 1. The summed E-state index contributed by atoms with van der Waals surface area (Å²) in [6, 6.07) is 0. The predicted molar refractivity (Wildman–Crippen MR) is 35.8 cm³/mol. The second kappa shape index (κ2) is 2.09. The van der Waals surface area contributed by atoms with Gasteiger partial charge in [0.05, 0.1) is 0 Å². The van der Waals surface area contributed by atoms with Gasteiger partial charge in [0.1, 0.15) is 0 Å². The summed E-state index contributed by atoms with van der Waals surface area (Å²) in [6.45, 7) is 4.10. The number of hydrogen-bond donors (Lipinski definition) is 0. The fraction of sp³-hybridized carbons (Fsp3) is 0.833. The van der Waals surface area contributed by atoms with E-state index in [9.17, 15) is 4.79 Å². The minimum absolute atomic E-state index is 0.315. The molecule has 0 radical (unpaired) electrons. The van der Waals surface area contributed by atoms with Crippen LogP contribution in [0, 0.1) is 5.92 Å². The van der Waals surface area contributed by atoms with E-state index in [1.54, 1.807) is 0 Å². The zero-order valence-corrected chi connectivity index (χ0v) is 5.99. The Bertz CT molecular complexity index is 111. The molecule has 46 valence electrons. The molecule has 1 aliphatic heterocycles. The zero-order valence-electron chi connectivity index (χ0n) is 5.18. The monoisotopic (exact) mass is 130 g/mol. The molecule has 0 saturated carbocycles. The maximum Gasteiger partial charge on any atom is 0.192 e. The van der Waals surface area contributed by atoms with Gasteiger partial charge in [-0.05, 0) is 6.42 Å². The second-order valence-corrected chi connectivity index (χ2v) is 3.83. The maximum absolute atomic E-state index is 10.7. The minimum Gasteiger partial charge on any atom is -0.287 e. The molecule has 0 spiro atoms. The van der Waals surface area contributed by atoms with Gasteiger partial charge < -0.3 is 0 Å². The molecule has 0 amide bonds. The lowest BCUT2D eigenvalue weighted by Gasteiger charge is -1.92. The van der Waals surface area contributed by atoms with E-state index < -0.39 is 0 Å². The van der Waals surface area contributed by atoms with E-state index in [-0.39, 0.29) is 0 Å². The van der Waals surface area contributed by atoms with Crippen molar-refractivity contribution in [3.05, 3.63) is 0 Å². The molecule has 2 atom stereocenters. The Balaban J connectivity index is 2.51. The SMILES string of the molecule is C[C@@H]1C[C@@H](C)C(=O)S1. The molecule has 1 aliphatic rings. The van der Waals surface area contributed by atoms with E-state index in [0.29, 0.717) is 16.3 Å². The van der Waals surface area contributed by atoms with Gasteiger partial charge in [-0.3, -0.25) is 4.79 Å². The van der Waals surface area contributed by atoms with Gasteiger partial charge in [-0.25, -0.2) is 0 Å². The van der Waals surface area contributed by atoms with Gasteiger partial charge in [0.25, 0.3) is 0 Å². The van der Waals surface area contributed by atoms with Gasteiger partial charge in [-0.2, -0.15) is 0 Å². The first-order valence-corrected chi connectivity index (χ1v) is 3.78.